The van der Waals surface area contributed by atoms with Gasteiger partial charge in [0.05, 0.1) is 0 Å². The molecule has 0 bridgehead atoms. The number of nitrogens with one attached hydrogen (secondary N) is 2. The molecule has 0 radical (unpaired) electrons. The fourth-order valence-corrected chi connectivity index (χ4v) is 2.54. The lowest BCUT2D eigenvalue weighted by Gasteiger charge is -2.02. The largest absolute Gasteiger partial charge is 0.353 e. The van der Waals surface area contributed by atoms with Crippen molar-refractivity contribution in [3.63, 3.8) is 0 Å². The van der Waals surface area contributed by atoms with E-state index in [1.54, 1.807) is 18.2 Å². The second-order valence-corrected chi connectivity index (χ2v) is 6.05. The number of hydrogen-bond donors (Lipinski definition) is 2. The minimum atomic E-state index is -0.286. The Labute approximate surface area is 152 Å². The second kappa shape index (κ2) is 11.2. The van der Waals surface area contributed by atoms with Gasteiger partial charge in [0.2, 0.25) is 5.91 Å². The molecule has 0 fully saturated rings. The molecule has 130 valence electrons. The van der Waals surface area contributed by atoms with Crippen LogP contribution in [0.4, 0.5) is 4.39 Å². The summed E-state index contributed by atoms with van der Waals surface area (Å²) in [5.41, 5.74) is 1.96. The number of carbonyl (C=O) groups excluding carboxylic acids is 1. The van der Waals surface area contributed by atoms with Crippen molar-refractivity contribution in [1.82, 2.24) is 10.0 Å². The molecule has 3 nitrogen and oxygen atoms in total. The van der Waals surface area contributed by atoms with E-state index in [0.29, 0.717) is 6.54 Å². The zero-order valence-corrected chi connectivity index (χ0v) is 14.6. The lowest BCUT2D eigenvalue weighted by molar-refractivity contribution is -0.116. The fourth-order valence-electron chi connectivity index (χ4n) is 1.96. The van der Waals surface area contributed by atoms with E-state index in [-0.39, 0.29) is 11.7 Å². The van der Waals surface area contributed by atoms with Crippen LogP contribution in [-0.4, -0.2) is 19.0 Å². The Bertz CT molecular complexity index is 699. The zero-order valence-electron chi connectivity index (χ0n) is 13.8. The van der Waals surface area contributed by atoms with Crippen LogP contribution in [0.2, 0.25) is 0 Å². The van der Waals surface area contributed by atoms with Gasteiger partial charge in [0.1, 0.15) is 5.82 Å². The first-order valence-corrected chi connectivity index (χ1v) is 8.93. The smallest absolute Gasteiger partial charge is 0.243 e. The molecule has 0 aliphatic rings. The first-order chi connectivity index (χ1) is 12.2. The van der Waals surface area contributed by atoms with E-state index in [4.69, 9.17) is 0 Å². The summed E-state index contributed by atoms with van der Waals surface area (Å²) >= 11 is 1.53. The predicted molar refractivity (Wildman–Crippen MR) is 104 cm³/mol. The molecular weight excluding hydrogens is 335 g/mol. The SMILES string of the molecule is O=C(/C=C/c1ccc(F)cc1)NCCCNS/C=C/c1ccccc1. The van der Waals surface area contributed by atoms with Gasteiger partial charge in [-0.2, -0.15) is 0 Å². The summed E-state index contributed by atoms with van der Waals surface area (Å²) in [5.74, 6) is -0.438. The van der Waals surface area contributed by atoms with Crippen LogP contribution < -0.4 is 10.0 Å². The van der Waals surface area contributed by atoms with Gasteiger partial charge >= 0.3 is 0 Å². The molecule has 2 N–H and O–H groups in total. The quantitative estimate of drug-likeness (QED) is 0.401. The summed E-state index contributed by atoms with van der Waals surface area (Å²) in [4.78, 5) is 11.7. The molecule has 0 aliphatic carbocycles. The van der Waals surface area contributed by atoms with Crippen molar-refractivity contribution in [2.24, 2.45) is 0 Å². The third-order valence-corrected chi connectivity index (χ3v) is 3.91. The highest BCUT2D eigenvalue weighted by Crippen LogP contribution is 2.05. The molecule has 0 spiro atoms. The zero-order chi connectivity index (χ0) is 17.7. The third-order valence-electron chi connectivity index (χ3n) is 3.26. The first kappa shape index (κ1) is 19.0. The topological polar surface area (TPSA) is 41.1 Å². The number of amides is 1. The lowest BCUT2D eigenvalue weighted by atomic mass is 10.2. The van der Waals surface area contributed by atoms with Crippen molar-refractivity contribution < 1.29 is 9.18 Å². The minimum Gasteiger partial charge on any atom is -0.353 e. The Morgan fingerprint density at radius 2 is 1.68 bits per heavy atom. The van der Waals surface area contributed by atoms with E-state index in [9.17, 15) is 9.18 Å². The van der Waals surface area contributed by atoms with E-state index >= 15 is 0 Å². The highest BCUT2D eigenvalue weighted by molar-refractivity contribution is 8.00. The normalized spacial score (nSPS) is 11.2. The minimum absolute atomic E-state index is 0.152. The van der Waals surface area contributed by atoms with E-state index in [0.717, 1.165) is 24.1 Å². The van der Waals surface area contributed by atoms with Crippen molar-refractivity contribution >= 4 is 30.0 Å². The van der Waals surface area contributed by atoms with Crippen molar-refractivity contribution in [3.05, 3.63) is 83.0 Å². The van der Waals surface area contributed by atoms with Gasteiger partial charge in [0, 0.05) is 19.2 Å². The van der Waals surface area contributed by atoms with Gasteiger partial charge in [-0.05, 0) is 47.2 Å². The van der Waals surface area contributed by atoms with Crippen LogP contribution in [0.5, 0.6) is 0 Å². The number of carbonyl (C=O) groups is 1. The molecule has 0 aliphatic heterocycles. The Balaban J connectivity index is 1.53. The summed E-state index contributed by atoms with van der Waals surface area (Å²) in [6, 6.07) is 16.1. The summed E-state index contributed by atoms with van der Waals surface area (Å²) in [6.07, 6.45) is 6.00. The van der Waals surface area contributed by atoms with Crippen LogP contribution >= 0.6 is 11.9 Å². The van der Waals surface area contributed by atoms with Crippen LogP contribution in [0.25, 0.3) is 12.2 Å². The number of benzene rings is 2. The summed E-state index contributed by atoms with van der Waals surface area (Å²) in [6.45, 7) is 1.40. The van der Waals surface area contributed by atoms with Gasteiger partial charge in [-0.15, -0.1) is 0 Å². The van der Waals surface area contributed by atoms with Gasteiger partial charge < -0.3 is 5.32 Å². The van der Waals surface area contributed by atoms with Crippen molar-refractivity contribution in [2.45, 2.75) is 6.42 Å². The van der Waals surface area contributed by atoms with E-state index < -0.39 is 0 Å². The molecule has 0 saturated heterocycles. The van der Waals surface area contributed by atoms with Crippen LogP contribution in [0.3, 0.4) is 0 Å². The standard InChI is InChI=1S/C20H21FN2OS/c21-19-10-7-18(8-11-19)9-12-20(24)22-14-4-15-23-25-16-13-17-5-2-1-3-6-17/h1-3,5-13,16,23H,4,14-15H2,(H,22,24)/b12-9+,16-13+. The molecular formula is C20H21FN2OS. The second-order valence-electron chi connectivity index (χ2n) is 5.26. The summed E-state index contributed by atoms with van der Waals surface area (Å²) in [5, 5.41) is 4.81. The Hall–Kier alpha value is -2.37. The average molecular weight is 356 g/mol. The van der Waals surface area contributed by atoms with Gasteiger partial charge in [-0.1, -0.05) is 54.4 Å². The fraction of sp³-hybridized carbons (Fsp3) is 0.150. The summed E-state index contributed by atoms with van der Waals surface area (Å²) in [7, 11) is 0. The predicted octanol–water partition coefficient (Wildman–Crippen LogP) is 4.25. The average Bonchev–Trinajstić information content (AvgIpc) is 2.64. The first-order valence-electron chi connectivity index (χ1n) is 8.05. The highest BCUT2D eigenvalue weighted by Gasteiger charge is 1.95. The molecule has 0 unspecified atom stereocenters. The molecule has 2 aromatic carbocycles. The number of halogens is 1. The van der Waals surface area contributed by atoms with Crippen LogP contribution in [0, 0.1) is 5.82 Å². The van der Waals surface area contributed by atoms with Crippen molar-refractivity contribution in [1.29, 1.82) is 0 Å². The Kier molecular flexibility index (Phi) is 8.52. The highest BCUT2D eigenvalue weighted by atomic mass is 32.2. The molecule has 0 saturated carbocycles. The molecule has 5 heteroatoms. The maximum Gasteiger partial charge on any atom is 0.243 e. The van der Waals surface area contributed by atoms with Crippen LogP contribution in [-0.2, 0) is 4.79 Å². The van der Waals surface area contributed by atoms with Crippen molar-refractivity contribution in [3.8, 4) is 0 Å². The van der Waals surface area contributed by atoms with E-state index in [1.807, 2.05) is 41.8 Å². The molecule has 25 heavy (non-hydrogen) atoms. The molecule has 0 atom stereocenters. The van der Waals surface area contributed by atoms with E-state index in [2.05, 4.69) is 10.0 Å². The lowest BCUT2D eigenvalue weighted by Crippen LogP contribution is -2.24. The Morgan fingerprint density at radius 1 is 0.960 bits per heavy atom. The van der Waals surface area contributed by atoms with Gasteiger partial charge in [-0.25, -0.2) is 4.39 Å². The molecule has 1 amide bonds. The van der Waals surface area contributed by atoms with Crippen molar-refractivity contribution in [2.75, 3.05) is 13.1 Å². The summed E-state index contributed by atoms with van der Waals surface area (Å²) < 4.78 is 16.0. The number of hydrogen-bond acceptors (Lipinski definition) is 3. The third kappa shape index (κ3) is 8.33. The maximum absolute atomic E-state index is 12.8. The molecule has 0 heterocycles. The van der Waals surface area contributed by atoms with Crippen LogP contribution in [0.15, 0.2) is 66.1 Å². The monoisotopic (exact) mass is 356 g/mol. The van der Waals surface area contributed by atoms with Gasteiger partial charge in [0.15, 0.2) is 0 Å². The Morgan fingerprint density at radius 3 is 2.44 bits per heavy atom. The molecule has 2 aromatic rings. The molecule has 0 aromatic heterocycles. The maximum atomic E-state index is 12.8. The van der Waals surface area contributed by atoms with Crippen LogP contribution in [0.1, 0.15) is 17.5 Å². The van der Waals surface area contributed by atoms with E-state index in [1.165, 1.54) is 30.2 Å². The van der Waals surface area contributed by atoms with Gasteiger partial charge in [0.25, 0.3) is 0 Å². The molecule has 2 rings (SSSR count). The number of rotatable bonds is 9. The van der Waals surface area contributed by atoms with Gasteiger partial charge in [-0.3, -0.25) is 9.52 Å².